The van der Waals surface area contributed by atoms with Crippen LogP contribution < -0.4 is 0 Å². The molecular weight excluding hydrogens is 148 g/mol. The first-order valence-corrected chi connectivity index (χ1v) is 3.48. The predicted octanol–water partition coefficient (Wildman–Crippen LogP) is 0.311. The molecule has 0 bridgehead atoms. The molecule has 0 aromatic rings. The van der Waals surface area contributed by atoms with Gasteiger partial charge in [-0.15, -0.1) is 0 Å². The maximum Gasteiger partial charge on any atom is 0.366 e. The Kier molecular flexibility index (Phi) is 2.15. The Labute approximate surface area is 65.4 Å². The standard InChI is InChI=1S/C7H12O4/c1-5-4-10-7(2,11-5)6(8)9-3/h5H,4H2,1-3H3. The van der Waals surface area contributed by atoms with Crippen LogP contribution in [0.3, 0.4) is 0 Å². The minimum absolute atomic E-state index is 0.0425. The van der Waals surface area contributed by atoms with Crippen LogP contribution in [0.1, 0.15) is 13.8 Å². The van der Waals surface area contributed by atoms with Crippen molar-refractivity contribution >= 4 is 5.97 Å². The normalized spacial score (nSPS) is 37.2. The van der Waals surface area contributed by atoms with Crippen molar-refractivity contribution in [2.45, 2.75) is 25.7 Å². The van der Waals surface area contributed by atoms with Crippen molar-refractivity contribution in [3.8, 4) is 0 Å². The number of rotatable bonds is 1. The molecule has 0 spiro atoms. The Morgan fingerprint density at radius 2 is 2.36 bits per heavy atom. The summed E-state index contributed by atoms with van der Waals surface area (Å²) in [5, 5.41) is 0. The third-order valence-corrected chi connectivity index (χ3v) is 1.58. The first kappa shape index (κ1) is 8.49. The summed E-state index contributed by atoms with van der Waals surface area (Å²) in [6.07, 6.45) is -0.0425. The fourth-order valence-electron chi connectivity index (χ4n) is 1.02. The fourth-order valence-corrected chi connectivity index (χ4v) is 1.02. The molecule has 0 saturated carbocycles. The topological polar surface area (TPSA) is 44.8 Å². The van der Waals surface area contributed by atoms with Crippen molar-refractivity contribution in [3.63, 3.8) is 0 Å². The molecule has 4 nitrogen and oxygen atoms in total. The van der Waals surface area contributed by atoms with Crippen LogP contribution in [0.4, 0.5) is 0 Å². The van der Waals surface area contributed by atoms with E-state index in [0.29, 0.717) is 6.61 Å². The van der Waals surface area contributed by atoms with Crippen LogP contribution in [0.2, 0.25) is 0 Å². The van der Waals surface area contributed by atoms with Crippen molar-refractivity contribution in [3.05, 3.63) is 0 Å². The Morgan fingerprint density at radius 3 is 2.73 bits per heavy atom. The van der Waals surface area contributed by atoms with Gasteiger partial charge < -0.3 is 14.2 Å². The van der Waals surface area contributed by atoms with Crippen molar-refractivity contribution in [2.24, 2.45) is 0 Å². The van der Waals surface area contributed by atoms with Gasteiger partial charge in [-0.2, -0.15) is 0 Å². The van der Waals surface area contributed by atoms with Gasteiger partial charge in [0.15, 0.2) is 0 Å². The molecule has 0 aliphatic carbocycles. The molecule has 1 aliphatic heterocycles. The average molecular weight is 160 g/mol. The van der Waals surface area contributed by atoms with Gasteiger partial charge in [-0.1, -0.05) is 0 Å². The second-order valence-electron chi connectivity index (χ2n) is 2.68. The summed E-state index contributed by atoms with van der Waals surface area (Å²) in [7, 11) is 1.31. The number of carbonyl (C=O) groups excluding carboxylic acids is 1. The lowest BCUT2D eigenvalue weighted by atomic mass is 10.3. The van der Waals surface area contributed by atoms with E-state index in [1.807, 2.05) is 6.92 Å². The van der Waals surface area contributed by atoms with Crippen LogP contribution >= 0.6 is 0 Å². The average Bonchev–Trinajstić information content (AvgIpc) is 2.31. The SMILES string of the molecule is COC(=O)C1(C)OCC(C)O1. The molecule has 4 heteroatoms. The Hall–Kier alpha value is -0.610. The zero-order valence-electron chi connectivity index (χ0n) is 6.92. The van der Waals surface area contributed by atoms with E-state index in [4.69, 9.17) is 9.47 Å². The highest BCUT2D eigenvalue weighted by Crippen LogP contribution is 2.23. The summed E-state index contributed by atoms with van der Waals surface area (Å²) in [5.41, 5.74) is 0. The molecule has 2 unspecified atom stereocenters. The van der Waals surface area contributed by atoms with Gasteiger partial charge in [0, 0.05) is 6.92 Å². The first-order valence-electron chi connectivity index (χ1n) is 3.48. The van der Waals surface area contributed by atoms with Crippen LogP contribution in [0.15, 0.2) is 0 Å². The molecule has 0 N–H and O–H groups in total. The lowest BCUT2D eigenvalue weighted by Gasteiger charge is -2.18. The molecule has 11 heavy (non-hydrogen) atoms. The highest BCUT2D eigenvalue weighted by atomic mass is 16.8. The van der Waals surface area contributed by atoms with Crippen LogP contribution in [-0.2, 0) is 19.0 Å². The van der Waals surface area contributed by atoms with E-state index in [1.165, 1.54) is 7.11 Å². The summed E-state index contributed by atoms with van der Waals surface area (Å²) < 4.78 is 14.8. The maximum absolute atomic E-state index is 11.0. The fraction of sp³-hybridized carbons (Fsp3) is 0.857. The smallest absolute Gasteiger partial charge is 0.366 e. The van der Waals surface area contributed by atoms with Crippen molar-refractivity contribution in [1.29, 1.82) is 0 Å². The molecule has 1 rings (SSSR count). The zero-order chi connectivity index (χ0) is 8.48. The summed E-state index contributed by atoms with van der Waals surface area (Å²) in [4.78, 5) is 11.0. The number of esters is 1. The van der Waals surface area contributed by atoms with E-state index < -0.39 is 11.8 Å². The molecule has 1 fully saturated rings. The lowest BCUT2D eigenvalue weighted by molar-refractivity contribution is -0.201. The molecule has 2 atom stereocenters. The molecule has 0 radical (unpaired) electrons. The molecule has 1 saturated heterocycles. The zero-order valence-corrected chi connectivity index (χ0v) is 6.92. The van der Waals surface area contributed by atoms with Crippen molar-refractivity contribution in [2.75, 3.05) is 13.7 Å². The molecule has 1 heterocycles. The quantitative estimate of drug-likeness (QED) is 0.518. The first-order chi connectivity index (χ1) is 5.08. The van der Waals surface area contributed by atoms with E-state index in [9.17, 15) is 4.79 Å². The van der Waals surface area contributed by atoms with E-state index in [2.05, 4.69) is 4.74 Å². The molecule has 64 valence electrons. The molecule has 1 aliphatic rings. The molecule has 0 amide bonds. The van der Waals surface area contributed by atoms with Gasteiger partial charge in [-0.3, -0.25) is 0 Å². The van der Waals surface area contributed by atoms with Gasteiger partial charge in [-0.05, 0) is 6.92 Å². The van der Waals surface area contributed by atoms with Gasteiger partial charge >= 0.3 is 5.97 Å². The molecular formula is C7H12O4. The third kappa shape index (κ3) is 1.52. The van der Waals surface area contributed by atoms with Gasteiger partial charge in [0.05, 0.1) is 19.8 Å². The Bertz CT molecular complexity index is 168. The Morgan fingerprint density at radius 1 is 1.73 bits per heavy atom. The molecule has 0 aromatic carbocycles. The summed E-state index contributed by atoms with van der Waals surface area (Å²) in [6.45, 7) is 3.84. The minimum atomic E-state index is -1.19. The van der Waals surface area contributed by atoms with Gasteiger partial charge in [0.1, 0.15) is 0 Å². The minimum Gasteiger partial charge on any atom is -0.465 e. The third-order valence-electron chi connectivity index (χ3n) is 1.58. The van der Waals surface area contributed by atoms with Crippen molar-refractivity contribution < 1.29 is 19.0 Å². The van der Waals surface area contributed by atoms with Gasteiger partial charge in [-0.25, -0.2) is 4.79 Å². The van der Waals surface area contributed by atoms with Crippen molar-refractivity contribution in [1.82, 2.24) is 0 Å². The van der Waals surface area contributed by atoms with Crippen LogP contribution in [0.5, 0.6) is 0 Å². The van der Waals surface area contributed by atoms with E-state index in [0.717, 1.165) is 0 Å². The van der Waals surface area contributed by atoms with Gasteiger partial charge in [0.2, 0.25) is 0 Å². The van der Waals surface area contributed by atoms with Crippen LogP contribution in [0.25, 0.3) is 0 Å². The molecule has 0 aromatic heterocycles. The van der Waals surface area contributed by atoms with Crippen LogP contribution in [-0.4, -0.2) is 31.6 Å². The maximum atomic E-state index is 11.0. The summed E-state index contributed by atoms with van der Waals surface area (Å²) in [6, 6.07) is 0. The van der Waals surface area contributed by atoms with Crippen LogP contribution in [0, 0.1) is 0 Å². The summed E-state index contributed by atoms with van der Waals surface area (Å²) >= 11 is 0. The second-order valence-corrected chi connectivity index (χ2v) is 2.68. The number of hydrogen-bond donors (Lipinski definition) is 0. The summed E-state index contributed by atoms with van der Waals surface area (Å²) in [5.74, 6) is -1.67. The predicted molar refractivity (Wildman–Crippen MR) is 36.9 cm³/mol. The number of ether oxygens (including phenoxy) is 3. The van der Waals surface area contributed by atoms with E-state index in [1.54, 1.807) is 6.92 Å². The van der Waals surface area contributed by atoms with E-state index >= 15 is 0 Å². The van der Waals surface area contributed by atoms with E-state index in [-0.39, 0.29) is 6.10 Å². The number of carbonyl (C=O) groups is 1. The monoisotopic (exact) mass is 160 g/mol. The van der Waals surface area contributed by atoms with Gasteiger partial charge in [0.25, 0.3) is 5.79 Å². The Balaban J connectivity index is 2.61. The lowest BCUT2D eigenvalue weighted by Crippen LogP contribution is -2.37. The second kappa shape index (κ2) is 2.79. The largest absolute Gasteiger partial charge is 0.465 e. The number of hydrogen-bond acceptors (Lipinski definition) is 4. The highest BCUT2D eigenvalue weighted by Gasteiger charge is 2.43. The highest BCUT2D eigenvalue weighted by molar-refractivity contribution is 5.77. The number of methoxy groups -OCH3 is 1.